The second-order valence-corrected chi connectivity index (χ2v) is 4.94. The van der Waals surface area contributed by atoms with Crippen molar-refractivity contribution in [2.24, 2.45) is 0 Å². The lowest BCUT2D eigenvalue weighted by atomic mass is 10.2. The third-order valence-electron chi connectivity index (χ3n) is 2.78. The number of aromatic nitrogens is 2. The Kier molecular flexibility index (Phi) is 5.07. The van der Waals surface area contributed by atoms with Crippen molar-refractivity contribution in [2.45, 2.75) is 31.0 Å². The van der Waals surface area contributed by atoms with Crippen molar-refractivity contribution in [3.63, 3.8) is 0 Å². The second kappa shape index (κ2) is 6.80. The number of anilines is 2. The molecule has 5 nitrogen and oxygen atoms in total. The molecular weight excluding hydrogens is 248 g/mol. The number of nitrogens with zero attached hydrogens (tertiary/aromatic N) is 2. The van der Waals surface area contributed by atoms with Crippen LogP contribution in [0.5, 0.6) is 0 Å². The van der Waals surface area contributed by atoms with Crippen LogP contribution in [0.4, 0.5) is 11.6 Å². The molecule has 1 aliphatic heterocycles. The van der Waals surface area contributed by atoms with Crippen LogP contribution in [0, 0.1) is 0 Å². The summed E-state index contributed by atoms with van der Waals surface area (Å²) in [7, 11) is 0. The standard InChI is InChI=1S/C12H20N4OS/c1-3-13-10-7-11(16-12(15-10)18-2)14-8-9-5-4-6-17-9/h7,9H,3-6,8H2,1-2H3,(H2,13,14,15,16). The number of hydrogen-bond acceptors (Lipinski definition) is 6. The molecule has 1 aromatic heterocycles. The van der Waals surface area contributed by atoms with E-state index in [1.54, 1.807) is 11.8 Å². The van der Waals surface area contributed by atoms with E-state index in [9.17, 15) is 0 Å². The minimum Gasteiger partial charge on any atom is -0.376 e. The van der Waals surface area contributed by atoms with E-state index < -0.39 is 0 Å². The third-order valence-corrected chi connectivity index (χ3v) is 3.33. The van der Waals surface area contributed by atoms with Gasteiger partial charge >= 0.3 is 0 Å². The molecular formula is C12H20N4OS. The van der Waals surface area contributed by atoms with Crippen molar-refractivity contribution in [1.82, 2.24) is 9.97 Å². The maximum Gasteiger partial charge on any atom is 0.191 e. The van der Waals surface area contributed by atoms with E-state index in [1.165, 1.54) is 0 Å². The first kappa shape index (κ1) is 13.4. The lowest BCUT2D eigenvalue weighted by Crippen LogP contribution is -2.19. The number of ether oxygens (including phenoxy) is 1. The average molecular weight is 268 g/mol. The molecule has 1 atom stereocenters. The van der Waals surface area contributed by atoms with Crippen LogP contribution >= 0.6 is 11.8 Å². The minimum absolute atomic E-state index is 0.320. The van der Waals surface area contributed by atoms with Crippen molar-refractivity contribution in [1.29, 1.82) is 0 Å². The Morgan fingerprint density at radius 1 is 1.39 bits per heavy atom. The van der Waals surface area contributed by atoms with Crippen LogP contribution in [-0.2, 0) is 4.74 Å². The topological polar surface area (TPSA) is 59.1 Å². The molecule has 0 amide bonds. The molecule has 0 radical (unpaired) electrons. The smallest absolute Gasteiger partial charge is 0.191 e. The third kappa shape index (κ3) is 3.74. The Balaban J connectivity index is 1.98. The maximum atomic E-state index is 5.58. The number of rotatable bonds is 6. The molecule has 0 bridgehead atoms. The van der Waals surface area contributed by atoms with Gasteiger partial charge in [0, 0.05) is 25.8 Å². The lowest BCUT2D eigenvalue weighted by molar-refractivity contribution is 0.120. The molecule has 1 unspecified atom stereocenters. The summed E-state index contributed by atoms with van der Waals surface area (Å²) < 4.78 is 5.58. The number of thioether (sulfide) groups is 1. The van der Waals surface area contributed by atoms with E-state index >= 15 is 0 Å². The quantitative estimate of drug-likeness (QED) is 0.609. The number of hydrogen-bond donors (Lipinski definition) is 2. The monoisotopic (exact) mass is 268 g/mol. The van der Waals surface area contributed by atoms with Crippen molar-refractivity contribution in [3.8, 4) is 0 Å². The van der Waals surface area contributed by atoms with E-state index in [2.05, 4.69) is 27.5 Å². The molecule has 0 saturated carbocycles. The minimum atomic E-state index is 0.320. The SMILES string of the molecule is CCNc1cc(NCC2CCCO2)nc(SC)n1. The van der Waals surface area contributed by atoms with E-state index in [0.717, 1.165) is 49.3 Å². The Labute approximate surface area is 112 Å². The van der Waals surface area contributed by atoms with Gasteiger partial charge in [0.15, 0.2) is 5.16 Å². The molecule has 0 spiro atoms. The van der Waals surface area contributed by atoms with Crippen LogP contribution in [0.25, 0.3) is 0 Å². The van der Waals surface area contributed by atoms with Crippen LogP contribution in [0.15, 0.2) is 11.2 Å². The molecule has 6 heteroatoms. The van der Waals surface area contributed by atoms with Crippen LogP contribution in [0.1, 0.15) is 19.8 Å². The Morgan fingerprint density at radius 2 is 2.17 bits per heavy atom. The first-order valence-corrected chi connectivity index (χ1v) is 7.56. The van der Waals surface area contributed by atoms with Crippen LogP contribution in [0.3, 0.4) is 0 Å². The van der Waals surface area contributed by atoms with E-state index in [0.29, 0.717) is 6.10 Å². The zero-order chi connectivity index (χ0) is 12.8. The molecule has 0 aliphatic carbocycles. The molecule has 1 aromatic rings. The highest BCUT2D eigenvalue weighted by atomic mass is 32.2. The Morgan fingerprint density at radius 3 is 2.78 bits per heavy atom. The van der Waals surface area contributed by atoms with Crippen molar-refractivity contribution < 1.29 is 4.74 Å². The average Bonchev–Trinajstić information content (AvgIpc) is 2.89. The highest BCUT2D eigenvalue weighted by molar-refractivity contribution is 7.98. The zero-order valence-electron chi connectivity index (χ0n) is 10.9. The Hall–Kier alpha value is -1.01. The fraction of sp³-hybridized carbons (Fsp3) is 0.667. The predicted molar refractivity (Wildman–Crippen MR) is 75.4 cm³/mol. The van der Waals surface area contributed by atoms with Crippen molar-refractivity contribution >= 4 is 23.4 Å². The first-order valence-electron chi connectivity index (χ1n) is 6.34. The van der Waals surface area contributed by atoms with Gasteiger partial charge in [-0.15, -0.1) is 0 Å². The van der Waals surface area contributed by atoms with Crippen LogP contribution in [-0.4, -0.2) is 42.0 Å². The molecule has 2 heterocycles. The van der Waals surface area contributed by atoms with Gasteiger partial charge in [0.05, 0.1) is 6.10 Å². The van der Waals surface area contributed by atoms with E-state index in [-0.39, 0.29) is 0 Å². The molecule has 1 fully saturated rings. The summed E-state index contributed by atoms with van der Waals surface area (Å²) in [5.74, 6) is 1.73. The van der Waals surface area contributed by atoms with E-state index in [4.69, 9.17) is 4.74 Å². The zero-order valence-corrected chi connectivity index (χ0v) is 11.7. The molecule has 2 N–H and O–H groups in total. The Bertz CT molecular complexity index is 382. The highest BCUT2D eigenvalue weighted by Gasteiger charge is 2.15. The highest BCUT2D eigenvalue weighted by Crippen LogP contribution is 2.18. The van der Waals surface area contributed by atoms with Gasteiger partial charge in [0.1, 0.15) is 11.6 Å². The van der Waals surface area contributed by atoms with Gasteiger partial charge in [0.25, 0.3) is 0 Å². The summed E-state index contributed by atoms with van der Waals surface area (Å²) >= 11 is 1.55. The summed E-state index contributed by atoms with van der Waals surface area (Å²) in [5, 5.41) is 7.33. The molecule has 1 saturated heterocycles. The largest absolute Gasteiger partial charge is 0.376 e. The molecule has 100 valence electrons. The van der Waals surface area contributed by atoms with E-state index in [1.807, 2.05) is 12.3 Å². The summed E-state index contributed by atoms with van der Waals surface area (Å²) in [4.78, 5) is 8.83. The van der Waals surface area contributed by atoms with Gasteiger partial charge in [-0.3, -0.25) is 0 Å². The van der Waals surface area contributed by atoms with Gasteiger partial charge in [-0.25, -0.2) is 9.97 Å². The first-order chi connectivity index (χ1) is 8.81. The lowest BCUT2D eigenvalue weighted by Gasteiger charge is -2.13. The predicted octanol–water partition coefficient (Wildman–Crippen LogP) is 2.22. The van der Waals surface area contributed by atoms with Crippen LogP contribution in [0.2, 0.25) is 0 Å². The van der Waals surface area contributed by atoms with Crippen LogP contribution < -0.4 is 10.6 Å². The van der Waals surface area contributed by atoms with Gasteiger partial charge < -0.3 is 15.4 Å². The number of nitrogens with one attached hydrogen (secondary N) is 2. The fourth-order valence-corrected chi connectivity index (χ4v) is 2.28. The molecule has 0 aromatic carbocycles. The molecule has 18 heavy (non-hydrogen) atoms. The van der Waals surface area contributed by atoms with Crippen molar-refractivity contribution in [2.75, 3.05) is 36.6 Å². The summed E-state index contributed by atoms with van der Waals surface area (Å²) in [6.07, 6.45) is 4.59. The summed E-state index contributed by atoms with van der Waals surface area (Å²) in [5.41, 5.74) is 0. The van der Waals surface area contributed by atoms with Crippen molar-refractivity contribution in [3.05, 3.63) is 6.07 Å². The normalized spacial score (nSPS) is 18.9. The maximum absolute atomic E-state index is 5.58. The second-order valence-electron chi connectivity index (χ2n) is 4.17. The van der Waals surface area contributed by atoms with Gasteiger partial charge in [-0.05, 0) is 26.0 Å². The van der Waals surface area contributed by atoms with Gasteiger partial charge in [0.2, 0.25) is 0 Å². The molecule has 1 aliphatic rings. The summed E-state index contributed by atoms with van der Waals surface area (Å²) in [6.45, 7) is 4.61. The van der Waals surface area contributed by atoms with Gasteiger partial charge in [-0.1, -0.05) is 11.8 Å². The summed E-state index contributed by atoms with van der Waals surface area (Å²) in [6, 6.07) is 1.94. The molecule has 2 rings (SSSR count). The van der Waals surface area contributed by atoms with Gasteiger partial charge in [-0.2, -0.15) is 0 Å². The fourth-order valence-electron chi connectivity index (χ4n) is 1.90.